The van der Waals surface area contributed by atoms with Crippen LogP contribution in [0.2, 0.25) is 0 Å². The average molecular weight is 432 g/mol. The fourth-order valence-corrected chi connectivity index (χ4v) is 2.71. The highest BCUT2D eigenvalue weighted by Crippen LogP contribution is 2.23. The van der Waals surface area contributed by atoms with Crippen molar-refractivity contribution >= 4 is 29.9 Å². The first-order chi connectivity index (χ1) is 10.7. The Morgan fingerprint density at radius 3 is 2.61 bits per heavy atom. The molecular formula is C17H29IN4O. The van der Waals surface area contributed by atoms with Crippen LogP contribution in [0.1, 0.15) is 45.1 Å². The number of nitrogens with one attached hydrogen (secondary N) is 2. The standard InChI is InChI=1S/C17H28N4O.HI/c1-4-18-17(21-15-8-5-13(2)6-9-15)20-12-14-7-10-16(22-3)19-11-14;/h7,10-11,13,15H,4-6,8-9,12H2,1-3H3,(H2,18,20,21);1H. The Hall–Kier alpha value is -1.05. The second-order valence-corrected chi connectivity index (χ2v) is 6.01. The van der Waals surface area contributed by atoms with Gasteiger partial charge in [-0.3, -0.25) is 0 Å². The molecule has 0 unspecified atom stereocenters. The highest BCUT2D eigenvalue weighted by molar-refractivity contribution is 14.0. The average Bonchev–Trinajstić information content (AvgIpc) is 2.55. The van der Waals surface area contributed by atoms with Gasteiger partial charge >= 0.3 is 0 Å². The summed E-state index contributed by atoms with van der Waals surface area (Å²) in [5.41, 5.74) is 1.08. The van der Waals surface area contributed by atoms with Crippen LogP contribution in [0.5, 0.6) is 5.88 Å². The Morgan fingerprint density at radius 2 is 2.04 bits per heavy atom. The van der Waals surface area contributed by atoms with Gasteiger partial charge in [-0.15, -0.1) is 24.0 Å². The molecule has 0 aliphatic heterocycles. The maximum atomic E-state index is 5.07. The lowest BCUT2D eigenvalue weighted by molar-refractivity contribution is 0.329. The SMILES string of the molecule is CCNC(=NCc1ccc(OC)nc1)NC1CCC(C)CC1.I. The quantitative estimate of drug-likeness (QED) is 0.426. The van der Waals surface area contributed by atoms with Crippen molar-refractivity contribution in [2.75, 3.05) is 13.7 Å². The van der Waals surface area contributed by atoms with Crippen molar-refractivity contribution in [3.8, 4) is 5.88 Å². The second kappa shape index (κ2) is 10.7. The van der Waals surface area contributed by atoms with Gasteiger partial charge in [0, 0.05) is 24.8 Å². The summed E-state index contributed by atoms with van der Waals surface area (Å²) in [6.07, 6.45) is 6.89. The lowest BCUT2D eigenvalue weighted by Gasteiger charge is -2.28. The van der Waals surface area contributed by atoms with Gasteiger partial charge in [-0.1, -0.05) is 13.0 Å². The van der Waals surface area contributed by atoms with Gasteiger partial charge < -0.3 is 15.4 Å². The van der Waals surface area contributed by atoms with Gasteiger partial charge in [-0.2, -0.15) is 0 Å². The van der Waals surface area contributed by atoms with Crippen LogP contribution >= 0.6 is 24.0 Å². The van der Waals surface area contributed by atoms with E-state index in [1.54, 1.807) is 7.11 Å². The van der Waals surface area contributed by atoms with Gasteiger partial charge in [0.25, 0.3) is 0 Å². The number of hydrogen-bond donors (Lipinski definition) is 2. The van der Waals surface area contributed by atoms with Crippen LogP contribution in [0.4, 0.5) is 0 Å². The summed E-state index contributed by atoms with van der Waals surface area (Å²) in [6, 6.07) is 4.41. The first-order valence-corrected chi connectivity index (χ1v) is 8.25. The largest absolute Gasteiger partial charge is 0.481 e. The maximum Gasteiger partial charge on any atom is 0.212 e. The molecule has 1 aromatic heterocycles. The molecular weight excluding hydrogens is 403 g/mol. The third-order valence-electron chi connectivity index (χ3n) is 4.13. The molecule has 0 saturated heterocycles. The van der Waals surface area contributed by atoms with Crippen LogP contribution in [-0.2, 0) is 6.54 Å². The predicted molar refractivity (Wildman–Crippen MR) is 106 cm³/mol. The normalized spacial score (nSPS) is 21.3. The van der Waals surface area contributed by atoms with E-state index < -0.39 is 0 Å². The van der Waals surface area contributed by atoms with Gasteiger partial charge in [-0.25, -0.2) is 9.98 Å². The fourth-order valence-electron chi connectivity index (χ4n) is 2.71. The van der Waals surface area contributed by atoms with E-state index in [0.29, 0.717) is 18.5 Å². The van der Waals surface area contributed by atoms with E-state index >= 15 is 0 Å². The number of hydrogen-bond acceptors (Lipinski definition) is 3. The summed E-state index contributed by atoms with van der Waals surface area (Å²) in [6.45, 7) is 5.92. The van der Waals surface area contributed by atoms with Crippen LogP contribution < -0.4 is 15.4 Å². The van der Waals surface area contributed by atoms with Crippen molar-refractivity contribution in [3.63, 3.8) is 0 Å². The first-order valence-electron chi connectivity index (χ1n) is 8.25. The number of nitrogens with zero attached hydrogens (tertiary/aromatic N) is 2. The summed E-state index contributed by atoms with van der Waals surface area (Å²) >= 11 is 0. The van der Waals surface area contributed by atoms with Crippen LogP contribution in [0.15, 0.2) is 23.3 Å². The molecule has 0 bridgehead atoms. The number of rotatable bonds is 5. The molecule has 1 fully saturated rings. The zero-order valence-electron chi connectivity index (χ0n) is 14.3. The van der Waals surface area contributed by atoms with E-state index in [1.165, 1.54) is 25.7 Å². The molecule has 0 amide bonds. The zero-order valence-corrected chi connectivity index (χ0v) is 16.7. The molecule has 0 atom stereocenters. The molecule has 2 rings (SSSR count). The fraction of sp³-hybridized carbons (Fsp3) is 0.647. The molecule has 1 aromatic rings. The van der Waals surface area contributed by atoms with Crippen molar-refractivity contribution < 1.29 is 4.74 Å². The van der Waals surface area contributed by atoms with Crippen LogP contribution in [-0.4, -0.2) is 30.6 Å². The van der Waals surface area contributed by atoms with Crippen molar-refractivity contribution in [2.45, 2.75) is 52.1 Å². The van der Waals surface area contributed by atoms with Crippen LogP contribution in [0.3, 0.4) is 0 Å². The lowest BCUT2D eigenvalue weighted by atomic mass is 9.87. The molecule has 2 N–H and O–H groups in total. The summed E-state index contributed by atoms with van der Waals surface area (Å²) in [5, 5.41) is 6.89. The third kappa shape index (κ3) is 6.93. The monoisotopic (exact) mass is 432 g/mol. The molecule has 1 saturated carbocycles. The van der Waals surface area contributed by atoms with Gasteiger partial charge in [-0.05, 0) is 44.1 Å². The topological polar surface area (TPSA) is 58.5 Å². The number of aromatic nitrogens is 1. The van der Waals surface area contributed by atoms with Crippen LogP contribution in [0, 0.1) is 5.92 Å². The van der Waals surface area contributed by atoms with Crippen molar-refractivity contribution in [1.82, 2.24) is 15.6 Å². The number of methoxy groups -OCH3 is 1. The number of pyridine rings is 1. The van der Waals surface area contributed by atoms with Crippen LogP contribution in [0.25, 0.3) is 0 Å². The molecule has 1 aliphatic rings. The first kappa shape index (κ1) is 20.0. The summed E-state index contributed by atoms with van der Waals surface area (Å²) in [5.74, 6) is 2.40. The van der Waals surface area contributed by atoms with Gasteiger partial charge in [0.05, 0.1) is 13.7 Å². The number of aliphatic imine (C=N–C) groups is 1. The predicted octanol–water partition coefficient (Wildman–Crippen LogP) is 3.34. The zero-order chi connectivity index (χ0) is 15.8. The van der Waals surface area contributed by atoms with E-state index in [4.69, 9.17) is 4.74 Å². The molecule has 130 valence electrons. The Bertz CT molecular complexity index is 470. The van der Waals surface area contributed by atoms with E-state index in [-0.39, 0.29) is 24.0 Å². The maximum absolute atomic E-state index is 5.07. The number of halogens is 1. The summed E-state index contributed by atoms with van der Waals surface area (Å²) in [4.78, 5) is 8.88. The Morgan fingerprint density at radius 1 is 1.30 bits per heavy atom. The number of guanidine groups is 1. The van der Waals surface area contributed by atoms with E-state index in [0.717, 1.165) is 24.0 Å². The van der Waals surface area contributed by atoms with Crippen molar-refractivity contribution in [1.29, 1.82) is 0 Å². The van der Waals surface area contributed by atoms with E-state index in [9.17, 15) is 0 Å². The highest BCUT2D eigenvalue weighted by Gasteiger charge is 2.18. The molecule has 0 spiro atoms. The molecule has 5 nitrogen and oxygen atoms in total. The minimum atomic E-state index is 0. The molecule has 0 radical (unpaired) electrons. The molecule has 23 heavy (non-hydrogen) atoms. The molecule has 1 heterocycles. The smallest absolute Gasteiger partial charge is 0.212 e. The van der Waals surface area contributed by atoms with Gasteiger partial charge in [0.1, 0.15) is 0 Å². The molecule has 6 heteroatoms. The summed E-state index contributed by atoms with van der Waals surface area (Å²) < 4.78 is 5.07. The Kier molecular flexibility index (Phi) is 9.28. The Balaban J connectivity index is 0.00000264. The van der Waals surface area contributed by atoms with Crippen molar-refractivity contribution in [3.05, 3.63) is 23.9 Å². The highest BCUT2D eigenvalue weighted by atomic mass is 127. The third-order valence-corrected chi connectivity index (χ3v) is 4.13. The Labute approximate surface area is 156 Å². The van der Waals surface area contributed by atoms with Crippen molar-refractivity contribution in [2.24, 2.45) is 10.9 Å². The number of ether oxygens (including phenoxy) is 1. The van der Waals surface area contributed by atoms with E-state index in [1.807, 2.05) is 18.3 Å². The minimum absolute atomic E-state index is 0. The second-order valence-electron chi connectivity index (χ2n) is 6.01. The minimum Gasteiger partial charge on any atom is -0.481 e. The van der Waals surface area contributed by atoms with Gasteiger partial charge in [0.15, 0.2) is 5.96 Å². The molecule has 1 aliphatic carbocycles. The molecule has 0 aromatic carbocycles. The van der Waals surface area contributed by atoms with E-state index in [2.05, 4.69) is 34.5 Å². The summed E-state index contributed by atoms with van der Waals surface area (Å²) in [7, 11) is 1.62. The lowest BCUT2D eigenvalue weighted by Crippen LogP contribution is -2.44. The van der Waals surface area contributed by atoms with Gasteiger partial charge in [0.2, 0.25) is 5.88 Å².